The molecule has 0 aliphatic heterocycles. The van der Waals surface area contributed by atoms with Gasteiger partial charge < -0.3 is 10.2 Å². The molecule has 1 N–H and O–H groups in total. The molecule has 4 nitrogen and oxygen atoms in total. The Morgan fingerprint density at radius 3 is 2.78 bits per heavy atom. The maximum absolute atomic E-state index is 13.8. The molecule has 1 heterocycles. The minimum atomic E-state index is -0.713. The molecule has 0 bridgehead atoms. The van der Waals surface area contributed by atoms with E-state index < -0.39 is 11.6 Å². The van der Waals surface area contributed by atoms with Gasteiger partial charge in [-0.15, -0.1) is 0 Å². The Morgan fingerprint density at radius 1 is 1.50 bits per heavy atom. The lowest BCUT2D eigenvalue weighted by Gasteiger charge is -2.23. The maximum Gasteiger partial charge on any atom is 0.168 e. The summed E-state index contributed by atoms with van der Waals surface area (Å²) < 4.78 is 27.1. The summed E-state index contributed by atoms with van der Waals surface area (Å²) in [5, 5.41) is 11.2. The second kappa shape index (κ2) is 5.17. The van der Waals surface area contributed by atoms with E-state index in [-0.39, 0.29) is 17.7 Å². The van der Waals surface area contributed by atoms with Gasteiger partial charge in [-0.25, -0.2) is 13.8 Å². The number of nitriles is 1. The van der Waals surface area contributed by atoms with E-state index in [1.807, 2.05) is 6.07 Å². The molecule has 0 atom stereocenters. The average Bonchev–Trinajstić information content (AvgIpc) is 3.16. The van der Waals surface area contributed by atoms with Crippen LogP contribution < -0.4 is 10.2 Å². The van der Waals surface area contributed by atoms with Gasteiger partial charge in [0.15, 0.2) is 23.3 Å². The molecule has 1 aromatic rings. The zero-order chi connectivity index (χ0) is 13.1. The third-order valence-corrected chi connectivity index (χ3v) is 2.87. The van der Waals surface area contributed by atoms with Crippen LogP contribution >= 0.6 is 0 Å². The van der Waals surface area contributed by atoms with Crippen LogP contribution in [0, 0.1) is 23.0 Å². The summed E-state index contributed by atoms with van der Waals surface area (Å²) in [6.07, 6.45) is 2.21. The van der Waals surface area contributed by atoms with Crippen molar-refractivity contribution >= 4 is 11.6 Å². The summed E-state index contributed by atoms with van der Waals surface area (Å²) >= 11 is 0. The molecule has 0 unspecified atom stereocenters. The molecule has 0 saturated heterocycles. The second-order valence-corrected chi connectivity index (χ2v) is 4.21. The van der Waals surface area contributed by atoms with Crippen LogP contribution in [0.5, 0.6) is 0 Å². The molecule has 1 fully saturated rings. The Balaban J connectivity index is 2.31. The molecule has 1 aromatic heterocycles. The van der Waals surface area contributed by atoms with E-state index in [1.54, 1.807) is 4.90 Å². The molecule has 1 aliphatic carbocycles. The minimum Gasteiger partial charge on any atom is -0.371 e. The van der Waals surface area contributed by atoms with Crippen molar-refractivity contribution in [2.24, 2.45) is 0 Å². The molecule has 2 rings (SSSR count). The van der Waals surface area contributed by atoms with Crippen LogP contribution in [-0.4, -0.2) is 24.6 Å². The lowest BCUT2D eigenvalue weighted by atomic mass is 10.3. The summed E-state index contributed by atoms with van der Waals surface area (Å²) in [6.45, 7) is 0.417. The highest BCUT2D eigenvalue weighted by atomic mass is 19.1. The first-order valence-corrected chi connectivity index (χ1v) is 5.84. The van der Waals surface area contributed by atoms with E-state index in [9.17, 15) is 8.78 Å². The van der Waals surface area contributed by atoms with E-state index in [1.165, 1.54) is 7.05 Å². The van der Waals surface area contributed by atoms with Gasteiger partial charge in [-0.2, -0.15) is 5.26 Å². The average molecular weight is 252 g/mol. The Labute approximate surface area is 104 Å². The van der Waals surface area contributed by atoms with Crippen LogP contribution in [0.3, 0.4) is 0 Å². The molecule has 0 spiro atoms. The quantitative estimate of drug-likeness (QED) is 0.873. The van der Waals surface area contributed by atoms with E-state index >= 15 is 0 Å². The predicted molar refractivity (Wildman–Crippen MR) is 64.3 cm³/mol. The van der Waals surface area contributed by atoms with Gasteiger partial charge in [-0.05, 0) is 12.8 Å². The Kier molecular flexibility index (Phi) is 3.60. The van der Waals surface area contributed by atoms with E-state index in [0.29, 0.717) is 13.0 Å². The van der Waals surface area contributed by atoms with Crippen molar-refractivity contribution in [3.05, 3.63) is 17.7 Å². The number of anilines is 2. The van der Waals surface area contributed by atoms with Crippen LogP contribution in [0.15, 0.2) is 6.07 Å². The molecule has 0 amide bonds. The summed E-state index contributed by atoms with van der Waals surface area (Å²) in [5.74, 6) is -1.25. The van der Waals surface area contributed by atoms with Gasteiger partial charge in [0.25, 0.3) is 0 Å². The number of halogens is 2. The largest absolute Gasteiger partial charge is 0.371 e. The van der Waals surface area contributed by atoms with Gasteiger partial charge in [0.1, 0.15) is 0 Å². The highest BCUT2D eigenvalue weighted by Crippen LogP contribution is 2.33. The van der Waals surface area contributed by atoms with Gasteiger partial charge >= 0.3 is 0 Å². The number of hydrogen-bond donors (Lipinski definition) is 1. The van der Waals surface area contributed by atoms with Gasteiger partial charge in [0, 0.05) is 25.7 Å². The lowest BCUT2D eigenvalue weighted by Crippen LogP contribution is -2.29. The molecular formula is C12H14F2N4. The molecule has 18 heavy (non-hydrogen) atoms. The zero-order valence-corrected chi connectivity index (χ0v) is 10.1. The molecule has 96 valence electrons. The molecule has 0 radical (unpaired) electrons. The monoisotopic (exact) mass is 252 g/mol. The third-order valence-electron chi connectivity index (χ3n) is 2.87. The number of pyridine rings is 1. The highest BCUT2D eigenvalue weighted by Gasteiger charge is 2.31. The van der Waals surface area contributed by atoms with E-state index in [0.717, 1.165) is 18.9 Å². The summed E-state index contributed by atoms with van der Waals surface area (Å²) in [4.78, 5) is 5.71. The topological polar surface area (TPSA) is 52.0 Å². The Hall–Kier alpha value is -1.90. The van der Waals surface area contributed by atoms with Crippen molar-refractivity contribution in [2.45, 2.75) is 25.3 Å². The Morgan fingerprint density at radius 2 is 2.22 bits per heavy atom. The van der Waals surface area contributed by atoms with Crippen molar-refractivity contribution in [3.63, 3.8) is 0 Å². The van der Waals surface area contributed by atoms with Gasteiger partial charge in [-0.3, -0.25) is 0 Å². The van der Waals surface area contributed by atoms with Gasteiger partial charge in [0.2, 0.25) is 0 Å². The first kappa shape index (κ1) is 12.6. The first-order chi connectivity index (χ1) is 8.67. The third kappa shape index (κ3) is 2.50. The molecule has 1 saturated carbocycles. The SMILES string of the molecule is CNc1nc(N(CCC#N)C2CC2)c(F)cc1F. The summed E-state index contributed by atoms with van der Waals surface area (Å²) in [7, 11) is 1.53. The van der Waals surface area contributed by atoms with Crippen molar-refractivity contribution in [2.75, 3.05) is 23.8 Å². The standard InChI is InChI=1S/C12H14F2N4/c1-16-11-9(13)7-10(14)12(17-11)18(6-2-5-15)8-3-4-8/h7-8H,2-4,6H2,1H3,(H,16,17). The fourth-order valence-corrected chi connectivity index (χ4v) is 1.85. The minimum absolute atomic E-state index is 0.0222. The Bertz CT molecular complexity index is 480. The van der Waals surface area contributed by atoms with E-state index in [2.05, 4.69) is 10.3 Å². The second-order valence-electron chi connectivity index (χ2n) is 4.21. The number of nitrogens with one attached hydrogen (secondary N) is 1. The zero-order valence-electron chi connectivity index (χ0n) is 10.1. The van der Waals surface area contributed by atoms with Gasteiger partial charge in [0.05, 0.1) is 12.5 Å². The highest BCUT2D eigenvalue weighted by molar-refractivity contribution is 5.50. The summed E-state index contributed by atoms with van der Waals surface area (Å²) in [5.41, 5.74) is 0. The molecule has 6 heteroatoms. The molecule has 1 aliphatic rings. The normalized spacial score (nSPS) is 14.1. The number of aromatic nitrogens is 1. The van der Waals surface area contributed by atoms with E-state index in [4.69, 9.17) is 5.26 Å². The lowest BCUT2D eigenvalue weighted by molar-refractivity contribution is 0.569. The van der Waals surface area contributed by atoms with Crippen LogP contribution in [0.25, 0.3) is 0 Å². The number of hydrogen-bond acceptors (Lipinski definition) is 4. The first-order valence-electron chi connectivity index (χ1n) is 5.84. The molecular weight excluding hydrogens is 238 g/mol. The van der Waals surface area contributed by atoms with Gasteiger partial charge in [-0.1, -0.05) is 0 Å². The number of nitrogens with zero attached hydrogens (tertiary/aromatic N) is 3. The van der Waals surface area contributed by atoms with Crippen molar-refractivity contribution < 1.29 is 8.78 Å². The van der Waals surface area contributed by atoms with Crippen LogP contribution in [0.2, 0.25) is 0 Å². The maximum atomic E-state index is 13.8. The van der Waals surface area contributed by atoms with Crippen LogP contribution in [0.1, 0.15) is 19.3 Å². The summed E-state index contributed by atoms with van der Waals surface area (Å²) in [6, 6.07) is 3.08. The van der Waals surface area contributed by atoms with Crippen molar-refractivity contribution in [1.82, 2.24) is 4.98 Å². The number of rotatable bonds is 5. The van der Waals surface area contributed by atoms with Crippen molar-refractivity contribution in [3.8, 4) is 6.07 Å². The predicted octanol–water partition coefficient (Wildman–Crippen LogP) is 2.28. The molecule has 0 aromatic carbocycles. The fraction of sp³-hybridized carbons (Fsp3) is 0.500. The van der Waals surface area contributed by atoms with Crippen molar-refractivity contribution in [1.29, 1.82) is 5.26 Å². The van der Waals surface area contributed by atoms with Crippen LogP contribution in [-0.2, 0) is 0 Å². The fourth-order valence-electron chi connectivity index (χ4n) is 1.85. The van der Waals surface area contributed by atoms with Crippen LogP contribution in [0.4, 0.5) is 20.4 Å². The smallest absolute Gasteiger partial charge is 0.168 e.